The molecule has 0 radical (unpaired) electrons. The number of nitrogens with zero attached hydrogens (tertiary/aromatic N) is 2. The number of carbonyl (C=O) groups is 1. The summed E-state index contributed by atoms with van der Waals surface area (Å²) in [6.45, 7) is 0. The van der Waals surface area contributed by atoms with Gasteiger partial charge in [0.05, 0.1) is 16.9 Å². The maximum absolute atomic E-state index is 12.0. The van der Waals surface area contributed by atoms with Crippen LogP contribution in [0.5, 0.6) is 0 Å². The molecule has 0 bridgehead atoms. The molecule has 0 unspecified atom stereocenters. The molecule has 0 atom stereocenters. The SMILES string of the molecule is O=C(/C=C\c1cscn1)NN=C(c1ccccc1)c1ccccc1. The topological polar surface area (TPSA) is 54.4 Å². The lowest BCUT2D eigenvalue weighted by Gasteiger charge is -2.07. The van der Waals surface area contributed by atoms with Crippen molar-refractivity contribution in [2.24, 2.45) is 5.10 Å². The first-order valence-electron chi connectivity index (χ1n) is 7.38. The molecule has 4 nitrogen and oxygen atoms in total. The molecule has 5 heteroatoms. The highest BCUT2D eigenvalue weighted by molar-refractivity contribution is 7.07. The molecule has 118 valence electrons. The Morgan fingerprint density at radius 2 is 1.62 bits per heavy atom. The maximum Gasteiger partial charge on any atom is 0.264 e. The van der Waals surface area contributed by atoms with E-state index in [1.54, 1.807) is 11.6 Å². The second kappa shape index (κ2) is 7.99. The Hall–Kier alpha value is -3.05. The average molecular weight is 333 g/mol. The zero-order valence-electron chi connectivity index (χ0n) is 12.8. The Bertz CT molecular complexity index is 799. The van der Waals surface area contributed by atoms with E-state index in [1.165, 1.54) is 17.4 Å². The first-order valence-corrected chi connectivity index (χ1v) is 8.32. The van der Waals surface area contributed by atoms with E-state index in [4.69, 9.17) is 0 Å². The summed E-state index contributed by atoms with van der Waals surface area (Å²) in [6, 6.07) is 19.5. The monoisotopic (exact) mass is 333 g/mol. The van der Waals surface area contributed by atoms with Crippen molar-refractivity contribution < 1.29 is 4.79 Å². The van der Waals surface area contributed by atoms with Crippen molar-refractivity contribution >= 4 is 29.0 Å². The van der Waals surface area contributed by atoms with Crippen molar-refractivity contribution in [3.8, 4) is 0 Å². The van der Waals surface area contributed by atoms with E-state index in [0.717, 1.165) is 16.8 Å². The molecule has 2 aromatic carbocycles. The molecule has 0 fully saturated rings. The summed E-state index contributed by atoms with van der Waals surface area (Å²) in [5.74, 6) is -0.299. The number of rotatable bonds is 5. The molecule has 0 aliphatic heterocycles. The van der Waals surface area contributed by atoms with Crippen LogP contribution in [-0.2, 0) is 4.79 Å². The number of hydrazone groups is 1. The molecule has 1 amide bonds. The molecular weight excluding hydrogens is 318 g/mol. The molecule has 3 aromatic rings. The molecule has 0 aliphatic rings. The summed E-state index contributed by atoms with van der Waals surface area (Å²) in [6.07, 6.45) is 3.08. The van der Waals surface area contributed by atoms with E-state index < -0.39 is 0 Å². The highest BCUT2D eigenvalue weighted by atomic mass is 32.1. The van der Waals surface area contributed by atoms with Crippen molar-refractivity contribution in [1.29, 1.82) is 0 Å². The molecule has 1 aromatic heterocycles. The van der Waals surface area contributed by atoms with Crippen LogP contribution in [0, 0.1) is 0 Å². The highest BCUT2D eigenvalue weighted by Gasteiger charge is 2.06. The zero-order chi connectivity index (χ0) is 16.6. The molecule has 1 N–H and O–H groups in total. The summed E-state index contributed by atoms with van der Waals surface area (Å²) >= 11 is 1.48. The third kappa shape index (κ3) is 4.24. The molecule has 0 saturated heterocycles. The van der Waals surface area contributed by atoms with Crippen molar-refractivity contribution in [2.45, 2.75) is 0 Å². The fourth-order valence-electron chi connectivity index (χ4n) is 2.10. The highest BCUT2D eigenvalue weighted by Crippen LogP contribution is 2.10. The van der Waals surface area contributed by atoms with E-state index in [-0.39, 0.29) is 5.91 Å². The lowest BCUT2D eigenvalue weighted by Crippen LogP contribution is -2.18. The quantitative estimate of drug-likeness (QED) is 0.439. The van der Waals surface area contributed by atoms with Crippen molar-refractivity contribution in [3.05, 3.63) is 94.5 Å². The normalized spacial score (nSPS) is 10.5. The van der Waals surface area contributed by atoms with E-state index >= 15 is 0 Å². The summed E-state index contributed by atoms with van der Waals surface area (Å²) < 4.78 is 0. The number of carbonyl (C=O) groups excluding carboxylic acids is 1. The van der Waals surface area contributed by atoms with Gasteiger partial charge in [-0.1, -0.05) is 60.7 Å². The predicted molar refractivity (Wildman–Crippen MR) is 97.8 cm³/mol. The van der Waals surface area contributed by atoms with Crippen LogP contribution in [0.1, 0.15) is 16.8 Å². The molecule has 0 saturated carbocycles. The van der Waals surface area contributed by atoms with Gasteiger partial charge in [0.15, 0.2) is 0 Å². The van der Waals surface area contributed by atoms with E-state index in [1.807, 2.05) is 66.0 Å². The van der Waals surface area contributed by atoms with Crippen LogP contribution < -0.4 is 5.43 Å². The first-order chi connectivity index (χ1) is 11.8. The smallest absolute Gasteiger partial charge is 0.264 e. The van der Waals surface area contributed by atoms with Gasteiger partial charge >= 0.3 is 0 Å². The number of amides is 1. The van der Waals surface area contributed by atoms with Crippen molar-refractivity contribution in [1.82, 2.24) is 10.4 Å². The van der Waals surface area contributed by atoms with Gasteiger partial charge in [0, 0.05) is 22.6 Å². The van der Waals surface area contributed by atoms with Gasteiger partial charge in [-0.2, -0.15) is 5.10 Å². The van der Waals surface area contributed by atoms with Crippen LogP contribution >= 0.6 is 11.3 Å². The minimum absolute atomic E-state index is 0.299. The Kier molecular flexibility index (Phi) is 5.27. The van der Waals surface area contributed by atoms with Crippen LogP contribution in [-0.4, -0.2) is 16.6 Å². The zero-order valence-corrected chi connectivity index (χ0v) is 13.6. The molecular formula is C19H15N3OS. The number of hydrogen-bond acceptors (Lipinski definition) is 4. The Labute approximate surface area is 144 Å². The fraction of sp³-hybridized carbons (Fsp3) is 0. The third-order valence-corrected chi connectivity index (χ3v) is 3.83. The van der Waals surface area contributed by atoms with E-state index in [2.05, 4.69) is 15.5 Å². The Balaban J connectivity index is 1.81. The lowest BCUT2D eigenvalue weighted by atomic mass is 10.0. The van der Waals surface area contributed by atoms with Crippen LogP contribution in [0.2, 0.25) is 0 Å². The van der Waals surface area contributed by atoms with Crippen LogP contribution in [0.3, 0.4) is 0 Å². The Morgan fingerprint density at radius 1 is 1.00 bits per heavy atom. The van der Waals surface area contributed by atoms with Gasteiger partial charge < -0.3 is 0 Å². The lowest BCUT2D eigenvalue weighted by molar-refractivity contribution is -0.116. The molecule has 0 spiro atoms. The van der Waals surface area contributed by atoms with Crippen LogP contribution in [0.15, 0.2) is 82.7 Å². The number of benzene rings is 2. The van der Waals surface area contributed by atoms with Crippen LogP contribution in [0.25, 0.3) is 6.08 Å². The summed E-state index contributed by atoms with van der Waals surface area (Å²) in [5.41, 5.74) is 7.65. The second-order valence-corrected chi connectivity index (χ2v) is 5.63. The molecule has 0 aliphatic carbocycles. The largest absolute Gasteiger partial charge is 0.268 e. The predicted octanol–water partition coefficient (Wildman–Crippen LogP) is 3.73. The number of aromatic nitrogens is 1. The van der Waals surface area contributed by atoms with Gasteiger partial charge in [-0.3, -0.25) is 4.79 Å². The van der Waals surface area contributed by atoms with Gasteiger partial charge in [0.1, 0.15) is 0 Å². The minimum Gasteiger partial charge on any atom is -0.268 e. The molecule has 3 rings (SSSR count). The van der Waals surface area contributed by atoms with Crippen molar-refractivity contribution in [2.75, 3.05) is 0 Å². The summed E-state index contributed by atoms with van der Waals surface area (Å²) in [7, 11) is 0. The van der Waals surface area contributed by atoms with E-state index in [9.17, 15) is 4.79 Å². The van der Waals surface area contributed by atoms with Crippen molar-refractivity contribution in [3.63, 3.8) is 0 Å². The fourth-order valence-corrected chi connectivity index (χ4v) is 2.62. The standard InChI is InChI=1S/C19H15N3OS/c23-18(12-11-17-13-24-14-20-17)21-22-19(15-7-3-1-4-8-15)16-9-5-2-6-10-16/h1-14H,(H,21,23)/b12-11-. The average Bonchev–Trinajstić information content (AvgIpc) is 3.16. The summed E-state index contributed by atoms with van der Waals surface area (Å²) in [4.78, 5) is 16.1. The van der Waals surface area contributed by atoms with Crippen LogP contribution in [0.4, 0.5) is 0 Å². The third-order valence-electron chi connectivity index (χ3n) is 3.23. The molecule has 1 heterocycles. The second-order valence-electron chi connectivity index (χ2n) is 4.92. The first kappa shape index (κ1) is 15.8. The summed E-state index contributed by atoms with van der Waals surface area (Å²) in [5, 5.41) is 6.18. The number of nitrogens with one attached hydrogen (secondary N) is 1. The maximum atomic E-state index is 12.0. The van der Waals surface area contributed by atoms with Gasteiger partial charge in [-0.05, 0) is 6.08 Å². The van der Waals surface area contributed by atoms with E-state index in [0.29, 0.717) is 5.71 Å². The van der Waals surface area contributed by atoms with Gasteiger partial charge in [0.2, 0.25) is 0 Å². The number of hydrogen-bond donors (Lipinski definition) is 1. The Morgan fingerprint density at radius 3 is 2.17 bits per heavy atom. The minimum atomic E-state index is -0.299. The van der Waals surface area contributed by atoms with Gasteiger partial charge in [0.25, 0.3) is 5.91 Å². The van der Waals surface area contributed by atoms with Gasteiger partial charge in [-0.15, -0.1) is 11.3 Å². The molecule has 24 heavy (non-hydrogen) atoms. The number of thiazole rings is 1. The van der Waals surface area contributed by atoms with Gasteiger partial charge in [-0.25, -0.2) is 10.4 Å².